The van der Waals surface area contributed by atoms with E-state index in [0.717, 1.165) is 30.9 Å². The van der Waals surface area contributed by atoms with Gasteiger partial charge in [-0.15, -0.1) is 12.4 Å². The van der Waals surface area contributed by atoms with Gasteiger partial charge in [-0.3, -0.25) is 0 Å². The monoisotopic (exact) mass is 271 g/mol. The van der Waals surface area contributed by atoms with E-state index in [1.165, 1.54) is 17.5 Å². The van der Waals surface area contributed by atoms with E-state index in [2.05, 4.69) is 18.3 Å². The van der Waals surface area contributed by atoms with Crippen molar-refractivity contribution < 1.29 is 9.47 Å². The van der Waals surface area contributed by atoms with Gasteiger partial charge in [0, 0.05) is 11.6 Å². The average Bonchev–Trinajstić information content (AvgIpc) is 2.77. The molecule has 0 amide bonds. The molecule has 0 spiro atoms. The third kappa shape index (κ3) is 2.90. The van der Waals surface area contributed by atoms with E-state index >= 15 is 0 Å². The van der Waals surface area contributed by atoms with Crippen LogP contribution in [0.15, 0.2) is 12.1 Å². The Hall–Kier alpha value is -0.930. The molecule has 2 rings (SSSR count). The molecule has 18 heavy (non-hydrogen) atoms. The van der Waals surface area contributed by atoms with Crippen molar-refractivity contribution in [2.45, 2.75) is 32.2 Å². The predicted octanol–water partition coefficient (Wildman–Crippen LogP) is 2.59. The van der Waals surface area contributed by atoms with Gasteiger partial charge < -0.3 is 14.8 Å². The molecule has 1 aromatic carbocycles. The number of halogens is 1. The lowest BCUT2D eigenvalue weighted by Gasteiger charge is -2.12. The van der Waals surface area contributed by atoms with Crippen LogP contribution >= 0.6 is 12.4 Å². The zero-order valence-corrected chi connectivity index (χ0v) is 12.1. The van der Waals surface area contributed by atoms with Crippen LogP contribution in [0.5, 0.6) is 11.5 Å². The van der Waals surface area contributed by atoms with Crippen molar-refractivity contribution >= 4 is 12.4 Å². The first kappa shape index (κ1) is 15.1. The first-order valence-corrected chi connectivity index (χ1v) is 6.26. The highest BCUT2D eigenvalue weighted by Crippen LogP contribution is 2.38. The minimum atomic E-state index is 0. The van der Waals surface area contributed by atoms with Crippen LogP contribution in [-0.2, 0) is 12.8 Å². The number of ether oxygens (including phenoxy) is 2. The predicted molar refractivity (Wildman–Crippen MR) is 76.3 cm³/mol. The Morgan fingerprint density at radius 2 is 2.00 bits per heavy atom. The highest BCUT2D eigenvalue weighted by atomic mass is 35.5. The largest absolute Gasteiger partial charge is 0.493 e. The lowest BCUT2D eigenvalue weighted by atomic mass is 10.1. The quantitative estimate of drug-likeness (QED) is 0.893. The van der Waals surface area contributed by atoms with E-state index in [9.17, 15) is 0 Å². The summed E-state index contributed by atoms with van der Waals surface area (Å²) >= 11 is 0. The standard InChI is InChI=1S/C14H21NO2.ClH/c1-4-7-15-11-8-10-5-6-13(16-2)14(17-3)12(10)9-11;/h5-6,11,15H,4,7-9H2,1-3H3;1H. The highest BCUT2D eigenvalue weighted by Gasteiger charge is 2.25. The highest BCUT2D eigenvalue weighted by molar-refractivity contribution is 5.85. The molecule has 1 atom stereocenters. The summed E-state index contributed by atoms with van der Waals surface area (Å²) in [7, 11) is 3.40. The van der Waals surface area contributed by atoms with Gasteiger partial charge in [-0.25, -0.2) is 0 Å². The normalized spacial score (nSPS) is 16.9. The van der Waals surface area contributed by atoms with Crippen molar-refractivity contribution in [3.63, 3.8) is 0 Å². The summed E-state index contributed by atoms with van der Waals surface area (Å²) in [6, 6.07) is 4.70. The molecule has 3 nitrogen and oxygen atoms in total. The lowest BCUT2D eigenvalue weighted by molar-refractivity contribution is 0.351. The van der Waals surface area contributed by atoms with Gasteiger partial charge in [-0.2, -0.15) is 0 Å². The number of fused-ring (bicyclic) bond motifs is 1. The maximum atomic E-state index is 5.48. The van der Waals surface area contributed by atoms with Crippen LogP contribution < -0.4 is 14.8 Å². The van der Waals surface area contributed by atoms with Gasteiger partial charge in [0.05, 0.1) is 14.2 Å². The van der Waals surface area contributed by atoms with Gasteiger partial charge in [-0.05, 0) is 37.4 Å². The van der Waals surface area contributed by atoms with Crippen LogP contribution in [0.3, 0.4) is 0 Å². The molecule has 0 fully saturated rings. The molecule has 1 N–H and O–H groups in total. The van der Waals surface area contributed by atoms with Gasteiger partial charge in [0.2, 0.25) is 0 Å². The van der Waals surface area contributed by atoms with Crippen molar-refractivity contribution in [2.75, 3.05) is 20.8 Å². The topological polar surface area (TPSA) is 30.5 Å². The summed E-state index contributed by atoms with van der Waals surface area (Å²) < 4.78 is 10.8. The summed E-state index contributed by atoms with van der Waals surface area (Å²) in [5.41, 5.74) is 2.69. The Morgan fingerprint density at radius 3 is 2.61 bits per heavy atom. The van der Waals surface area contributed by atoms with Crippen molar-refractivity contribution in [3.8, 4) is 11.5 Å². The average molecular weight is 272 g/mol. The molecule has 0 heterocycles. The number of rotatable bonds is 5. The van der Waals surface area contributed by atoms with Crippen molar-refractivity contribution in [1.29, 1.82) is 0 Å². The molecule has 1 unspecified atom stereocenters. The third-order valence-corrected chi connectivity index (χ3v) is 3.35. The second-order valence-electron chi connectivity index (χ2n) is 4.50. The Bertz CT molecular complexity index is 396. The Kier molecular flexibility index (Phi) is 5.76. The number of hydrogen-bond donors (Lipinski definition) is 1. The van der Waals surface area contributed by atoms with Crippen molar-refractivity contribution in [1.82, 2.24) is 5.32 Å². The number of benzene rings is 1. The SMILES string of the molecule is CCCNC1Cc2ccc(OC)c(OC)c2C1.Cl. The minimum Gasteiger partial charge on any atom is -0.493 e. The zero-order valence-electron chi connectivity index (χ0n) is 11.3. The van der Waals surface area contributed by atoms with Gasteiger partial charge >= 0.3 is 0 Å². The van der Waals surface area contributed by atoms with Crippen LogP contribution in [0.4, 0.5) is 0 Å². The molecule has 0 bridgehead atoms. The number of hydrogen-bond acceptors (Lipinski definition) is 3. The van der Waals surface area contributed by atoms with Gasteiger partial charge in [0.25, 0.3) is 0 Å². The van der Waals surface area contributed by atoms with Crippen LogP contribution in [0.1, 0.15) is 24.5 Å². The molecule has 0 aromatic heterocycles. The molecule has 0 saturated carbocycles. The third-order valence-electron chi connectivity index (χ3n) is 3.35. The van der Waals surface area contributed by atoms with E-state index < -0.39 is 0 Å². The molecule has 1 aromatic rings. The molecule has 4 heteroatoms. The fourth-order valence-electron chi connectivity index (χ4n) is 2.52. The minimum absolute atomic E-state index is 0. The fourth-order valence-corrected chi connectivity index (χ4v) is 2.52. The van der Waals surface area contributed by atoms with E-state index in [1.807, 2.05) is 6.07 Å². The second kappa shape index (κ2) is 6.86. The molecule has 0 aliphatic heterocycles. The van der Waals surface area contributed by atoms with E-state index in [-0.39, 0.29) is 12.4 Å². The van der Waals surface area contributed by atoms with Crippen LogP contribution in [0, 0.1) is 0 Å². The summed E-state index contributed by atoms with van der Waals surface area (Å²) in [6.07, 6.45) is 3.30. The van der Waals surface area contributed by atoms with E-state index in [4.69, 9.17) is 9.47 Å². The van der Waals surface area contributed by atoms with Crippen molar-refractivity contribution in [2.24, 2.45) is 0 Å². The van der Waals surface area contributed by atoms with Crippen LogP contribution in [-0.4, -0.2) is 26.8 Å². The van der Waals surface area contributed by atoms with Gasteiger partial charge in [0.1, 0.15) is 0 Å². The Balaban J connectivity index is 0.00000162. The van der Waals surface area contributed by atoms with Gasteiger partial charge in [0.15, 0.2) is 11.5 Å². The number of methoxy groups -OCH3 is 2. The summed E-state index contributed by atoms with van der Waals surface area (Å²) in [5.74, 6) is 1.74. The summed E-state index contributed by atoms with van der Waals surface area (Å²) in [5, 5.41) is 3.57. The first-order valence-electron chi connectivity index (χ1n) is 6.26. The molecule has 0 radical (unpaired) electrons. The smallest absolute Gasteiger partial charge is 0.164 e. The maximum Gasteiger partial charge on any atom is 0.164 e. The fraction of sp³-hybridized carbons (Fsp3) is 0.571. The Labute approximate surface area is 115 Å². The molecular formula is C14H22ClNO2. The van der Waals surface area contributed by atoms with E-state index in [1.54, 1.807) is 14.2 Å². The van der Waals surface area contributed by atoms with E-state index in [0.29, 0.717) is 6.04 Å². The van der Waals surface area contributed by atoms with Crippen LogP contribution in [0.2, 0.25) is 0 Å². The first-order chi connectivity index (χ1) is 8.30. The molecule has 1 aliphatic carbocycles. The summed E-state index contributed by atoms with van der Waals surface area (Å²) in [4.78, 5) is 0. The number of nitrogens with one attached hydrogen (secondary N) is 1. The summed E-state index contributed by atoms with van der Waals surface area (Å²) in [6.45, 7) is 3.27. The lowest BCUT2D eigenvalue weighted by Crippen LogP contribution is -2.30. The van der Waals surface area contributed by atoms with Gasteiger partial charge in [-0.1, -0.05) is 13.0 Å². The van der Waals surface area contributed by atoms with Crippen molar-refractivity contribution in [3.05, 3.63) is 23.3 Å². The molecule has 102 valence electrons. The molecule has 1 aliphatic rings. The molecule has 0 saturated heterocycles. The Morgan fingerprint density at radius 1 is 1.22 bits per heavy atom. The molecular weight excluding hydrogens is 250 g/mol. The zero-order chi connectivity index (χ0) is 12.3. The maximum absolute atomic E-state index is 5.48. The van der Waals surface area contributed by atoms with Crippen LogP contribution in [0.25, 0.3) is 0 Å². The second-order valence-corrected chi connectivity index (χ2v) is 4.50.